The quantitative estimate of drug-likeness (QED) is 0.406. The van der Waals surface area contributed by atoms with Gasteiger partial charge in [-0.05, 0) is 43.7 Å². The van der Waals surface area contributed by atoms with Gasteiger partial charge in [-0.3, -0.25) is 14.3 Å². The molecule has 0 fully saturated rings. The average molecular weight is 483 g/mol. The van der Waals surface area contributed by atoms with Gasteiger partial charge in [0.25, 0.3) is 11.8 Å². The van der Waals surface area contributed by atoms with E-state index >= 15 is 0 Å². The van der Waals surface area contributed by atoms with E-state index in [4.69, 9.17) is 24.7 Å². The first kappa shape index (κ1) is 25.6. The van der Waals surface area contributed by atoms with Crippen LogP contribution in [0, 0.1) is 0 Å². The summed E-state index contributed by atoms with van der Waals surface area (Å²) in [6, 6.07) is 11.7. The van der Waals surface area contributed by atoms with Gasteiger partial charge >= 0.3 is 0 Å². The van der Waals surface area contributed by atoms with Crippen LogP contribution in [0.25, 0.3) is 0 Å². The Bertz CT molecular complexity index is 1180. The molecule has 0 saturated carbocycles. The number of anilines is 1. The van der Waals surface area contributed by atoms with E-state index in [1.807, 2.05) is 13.8 Å². The molecule has 0 aliphatic carbocycles. The fraction of sp³-hybridized carbons (Fsp3) is 0.320. The second-order valence-corrected chi connectivity index (χ2v) is 7.82. The van der Waals surface area contributed by atoms with Crippen LogP contribution in [-0.4, -0.2) is 48.0 Å². The van der Waals surface area contributed by atoms with Crippen molar-refractivity contribution in [2.45, 2.75) is 26.6 Å². The smallest absolute Gasteiger partial charge is 0.257 e. The molecule has 10 nitrogen and oxygen atoms in total. The maximum Gasteiger partial charge on any atom is 0.257 e. The summed E-state index contributed by atoms with van der Waals surface area (Å²) in [5.74, 6) is 0.772. The maximum atomic E-state index is 12.9. The Morgan fingerprint density at radius 2 is 1.89 bits per heavy atom. The summed E-state index contributed by atoms with van der Waals surface area (Å²) in [7, 11) is 3.35. The molecule has 3 aromatic rings. The lowest BCUT2D eigenvalue weighted by molar-refractivity contribution is 0.0914. The highest BCUT2D eigenvalue weighted by Gasteiger charge is 2.15. The summed E-state index contributed by atoms with van der Waals surface area (Å²) >= 11 is 0. The number of hydrogen-bond donors (Lipinski definition) is 2. The van der Waals surface area contributed by atoms with Crippen molar-refractivity contribution in [2.75, 3.05) is 25.6 Å². The van der Waals surface area contributed by atoms with Crippen LogP contribution < -0.4 is 25.3 Å². The van der Waals surface area contributed by atoms with Gasteiger partial charge in [-0.1, -0.05) is 6.07 Å². The Balaban J connectivity index is 1.83. The number of carbonyl (C=O) groups is 2. The molecule has 0 bridgehead atoms. The Kier molecular flexibility index (Phi) is 8.69. The van der Waals surface area contributed by atoms with Crippen molar-refractivity contribution >= 4 is 17.6 Å². The van der Waals surface area contributed by atoms with Crippen LogP contribution >= 0.6 is 0 Å². The standard InChI is InChI=1S/C25H30N4O6/c1-5-33-22-10-17(6-7-21(22)24(26)30)15-34-19-11-18(12-20(13-19)35-16(2)14-32-4)25(31)27-23-8-9-29(3)28-23/h6-13,16H,5,14-15H2,1-4H3,(H2,26,30)(H,27,28,31). The van der Waals surface area contributed by atoms with E-state index in [0.29, 0.717) is 47.4 Å². The van der Waals surface area contributed by atoms with Crippen LogP contribution in [0.4, 0.5) is 5.82 Å². The number of nitrogens with two attached hydrogens (primary N) is 1. The number of carbonyl (C=O) groups excluding carboxylic acids is 2. The van der Waals surface area contributed by atoms with E-state index in [-0.39, 0.29) is 18.6 Å². The number of hydrogen-bond acceptors (Lipinski definition) is 7. The van der Waals surface area contributed by atoms with Crippen LogP contribution in [-0.2, 0) is 18.4 Å². The maximum absolute atomic E-state index is 12.9. The number of methoxy groups -OCH3 is 1. The molecule has 0 saturated heterocycles. The molecule has 1 atom stereocenters. The number of aryl methyl sites for hydroxylation is 1. The zero-order chi connectivity index (χ0) is 25.4. The lowest BCUT2D eigenvalue weighted by Gasteiger charge is -2.16. The zero-order valence-corrected chi connectivity index (χ0v) is 20.2. The molecule has 3 N–H and O–H groups in total. The Hall–Kier alpha value is -4.05. The monoisotopic (exact) mass is 482 g/mol. The number of nitrogens with zero attached hydrogens (tertiary/aromatic N) is 2. The van der Waals surface area contributed by atoms with Crippen LogP contribution in [0.15, 0.2) is 48.7 Å². The van der Waals surface area contributed by atoms with Crippen LogP contribution in [0.2, 0.25) is 0 Å². The van der Waals surface area contributed by atoms with Crippen LogP contribution in [0.5, 0.6) is 17.2 Å². The number of ether oxygens (including phenoxy) is 4. The summed E-state index contributed by atoms with van der Waals surface area (Å²) in [5, 5.41) is 6.93. The van der Waals surface area contributed by atoms with Gasteiger partial charge < -0.3 is 30.0 Å². The minimum atomic E-state index is -0.570. The van der Waals surface area contributed by atoms with E-state index in [1.54, 1.807) is 67.5 Å². The van der Waals surface area contributed by atoms with Crippen molar-refractivity contribution < 1.29 is 28.5 Å². The van der Waals surface area contributed by atoms with Gasteiger partial charge in [0.15, 0.2) is 5.82 Å². The third-order valence-corrected chi connectivity index (χ3v) is 4.85. The molecule has 0 aliphatic heterocycles. The van der Waals surface area contributed by atoms with Gasteiger partial charge in [0.2, 0.25) is 0 Å². The predicted molar refractivity (Wildman–Crippen MR) is 130 cm³/mol. The van der Waals surface area contributed by atoms with E-state index in [2.05, 4.69) is 10.4 Å². The Morgan fingerprint density at radius 3 is 2.54 bits per heavy atom. The van der Waals surface area contributed by atoms with E-state index in [0.717, 1.165) is 5.56 Å². The van der Waals surface area contributed by atoms with E-state index in [9.17, 15) is 9.59 Å². The summed E-state index contributed by atoms with van der Waals surface area (Å²) in [6.07, 6.45) is 1.49. The third kappa shape index (κ3) is 7.21. The lowest BCUT2D eigenvalue weighted by atomic mass is 10.1. The number of amides is 2. The fourth-order valence-electron chi connectivity index (χ4n) is 3.33. The van der Waals surface area contributed by atoms with Gasteiger partial charge in [0.05, 0.1) is 18.8 Å². The van der Waals surface area contributed by atoms with Crippen LogP contribution in [0.1, 0.15) is 40.1 Å². The molecular formula is C25H30N4O6. The van der Waals surface area contributed by atoms with Crippen molar-refractivity contribution in [3.8, 4) is 17.2 Å². The molecule has 0 aliphatic rings. The summed E-state index contributed by atoms with van der Waals surface area (Å²) in [6.45, 7) is 4.62. The van der Waals surface area contributed by atoms with Crippen molar-refractivity contribution in [3.63, 3.8) is 0 Å². The predicted octanol–water partition coefficient (Wildman–Crippen LogP) is 3.16. The Morgan fingerprint density at radius 1 is 1.11 bits per heavy atom. The van der Waals surface area contributed by atoms with Gasteiger partial charge in [-0.15, -0.1) is 0 Å². The molecule has 1 heterocycles. The fourth-order valence-corrected chi connectivity index (χ4v) is 3.33. The van der Waals surface area contributed by atoms with Crippen molar-refractivity contribution in [2.24, 2.45) is 12.8 Å². The molecule has 10 heteroatoms. The highest BCUT2D eigenvalue weighted by Crippen LogP contribution is 2.27. The number of aromatic nitrogens is 2. The number of primary amides is 1. The molecule has 0 radical (unpaired) electrons. The first-order chi connectivity index (χ1) is 16.8. The summed E-state index contributed by atoms with van der Waals surface area (Å²) < 4.78 is 24.1. The van der Waals surface area contributed by atoms with Crippen molar-refractivity contribution in [1.29, 1.82) is 0 Å². The number of nitrogens with one attached hydrogen (secondary N) is 1. The topological polar surface area (TPSA) is 127 Å². The molecule has 2 aromatic carbocycles. The van der Waals surface area contributed by atoms with E-state index in [1.165, 1.54) is 0 Å². The Labute approximate surface area is 203 Å². The second kappa shape index (κ2) is 11.9. The molecule has 1 unspecified atom stereocenters. The largest absolute Gasteiger partial charge is 0.493 e. The molecule has 1 aromatic heterocycles. The van der Waals surface area contributed by atoms with E-state index < -0.39 is 5.91 Å². The second-order valence-electron chi connectivity index (χ2n) is 7.82. The molecule has 3 rings (SSSR count). The summed E-state index contributed by atoms with van der Waals surface area (Å²) in [4.78, 5) is 24.5. The van der Waals surface area contributed by atoms with Crippen LogP contribution in [0.3, 0.4) is 0 Å². The first-order valence-electron chi connectivity index (χ1n) is 11.1. The molecular weight excluding hydrogens is 452 g/mol. The zero-order valence-electron chi connectivity index (χ0n) is 20.2. The molecule has 35 heavy (non-hydrogen) atoms. The molecule has 2 amide bonds. The third-order valence-electron chi connectivity index (χ3n) is 4.85. The lowest BCUT2D eigenvalue weighted by Crippen LogP contribution is -2.19. The number of rotatable bonds is 12. The van der Waals surface area contributed by atoms with Gasteiger partial charge in [-0.2, -0.15) is 5.10 Å². The SMILES string of the molecule is CCOc1cc(COc2cc(OC(C)COC)cc(C(=O)Nc3ccn(C)n3)c2)ccc1C(N)=O. The average Bonchev–Trinajstić information content (AvgIpc) is 3.22. The highest BCUT2D eigenvalue weighted by molar-refractivity contribution is 6.04. The van der Waals surface area contributed by atoms with Gasteiger partial charge in [0.1, 0.15) is 30.0 Å². The minimum Gasteiger partial charge on any atom is -0.493 e. The van der Waals surface area contributed by atoms with Gasteiger partial charge in [0, 0.05) is 38.1 Å². The minimum absolute atomic E-state index is 0.164. The normalized spacial score (nSPS) is 11.5. The first-order valence-corrected chi connectivity index (χ1v) is 11.1. The highest BCUT2D eigenvalue weighted by atomic mass is 16.5. The number of benzene rings is 2. The van der Waals surface area contributed by atoms with Crippen molar-refractivity contribution in [1.82, 2.24) is 9.78 Å². The van der Waals surface area contributed by atoms with Gasteiger partial charge in [-0.25, -0.2) is 0 Å². The molecule has 186 valence electrons. The molecule has 0 spiro atoms. The summed E-state index contributed by atoms with van der Waals surface area (Å²) in [5.41, 5.74) is 6.82. The van der Waals surface area contributed by atoms with Crippen molar-refractivity contribution in [3.05, 3.63) is 65.4 Å².